The molecule has 1 aliphatic rings. The molecule has 0 spiro atoms. The summed E-state index contributed by atoms with van der Waals surface area (Å²) in [5.74, 6) is 1.60. The monoisotopic (exact) mass is 288 g/mol. The summed E-state index contributed by atoms with van der Waals surface area (Å²) in [4.78, 5) is 0. The Morgan fingerprint density at radius 3 is 2.90 bits per heavy atom. The van der Waals surface area contributed by atoms with Crippen molar-refractivity contribution in [1.82, 2.24) is 10.5 Å². The molecule has 3 rings (SSSR count). The zero-order valence-corrected chi connectivity index (χ0v) is 12.2. The van der Waals surface area contributed by atoms with Gasteiger partial charge in [0.15, 0.2) is 5.76 Å². The topological polar surface area (TPSA) is 56.5 Å². The predicted octanol–water partition coefficient (Wildman–Crippen LogP) is 2.62. The molecule has 0 saturated carbocycles. The van der Waals surface area contributed by atoms with Gasteiger partial charge in [-0.05, 0) is 37.1 Å². The first-order valence-electron chi connectivity index (χ1n) is 7.26. The lowest BCUT2D eigenvalue weighted by atomic mass is 10.1. The summed E-state index contributed by atoms with van der Waals surface area (Å²) in [5.41, 5.74) is 1.90. The fraction of sp³-hybridized carbons (Fsp3) is 0.438. The second-order valence-electron chi connectivity index (χ2n) is 5.21. The van der Waals surface area contributed by atoms with Crippen molar-refractivity contribution in [2.45, 2.75) is 25.4 Å². The minimum Gasteiger partial charge on any atom is -0.497 e. The Bertz CT molecular complexity index is 559. The lowest BCUT2D eigenvalue weighted by Gasteiger charge is -2.22. The summed E-state index contributed by atoms with van der Waals surface area (Å²) >= 11 is 0. The normalized spacial score (nSPS) is 18.6. The third kappa shape index (κ3) is 3.62. The molecule has 21 heavy (non-hydrogen) atoms. The summed E-state index contributed by atoms with van der Waals surface area (Å²) in [6.07, 6.45) is 2.27. The average Bonchev–Trinajstić information content (AvgIpc) is 3.03. The van der Waals surface area contributed by atoms with Gasteiger partial charge in [0, 0.05) is 30.8 Å². The van der Waals surface area contributed by atoms with Crippen LogP contribution in [0.1, 0.15) is 18.5 Å². The Morgan fingerprint density at radius 1 is 1.33 bits per heavy atom. The van der Waals surface area contributed by atoms with E-state index in [4.69, 9.17) is 14.0 Å². The fourth-order valence-electron chi connectivity index (χ4n) is 2.44. The van der Waals surface area contributed by atoms with E-state index in [9.17, 15) is 0 Å². The Labute approximate surface area is 124 Å². The van der Waals surface area contributed by atoms with Crippen LogP contribution in [0.3, 0.4) is 0 Å². The number of aromatic nitrogens is 1. The highest BCUT2D eigenvalue weighted by atomic mass is 16.5. The summed E-state index contributed by atoms with van der Waals surface area (Å²) in [6, 6.07) is 10.1. The Hall–Kier alpha value is -1.85. The molecule has 112 valence electrons. The number of nitrogens with one attached hydrogen (secondary N) is 1. The molecule has 1 N–H and O–H groups in total. The summed E-state index contributed by atoms with van der Waals surface area (Å²) in [6.45, 7) is 2.36. The second kappa shape index (κ2) is 6.74. The molecule has 1 aromatic heterocycles. The van der Waals surface area contributed by atoms with Crippen LogP contribution in [0, 0.1) is 0 Å². The van der Waals surface area contributed by atoms with E-state index in [1.165, 1.54) is 0 Å². The number of hydrogen-bond donors (Lipinski definition) is 1. The highest BCUT2D eigenvalue weighted by Gasteiger charge is 2.14. The molecule has 0 amide bonds. The molecule has 0 aliphatic carbocycles. The van der Waals surface area contributed by atoms with Crippen LogP contribution in [0.5, 0.6) is 5.75 Å². The molecule has 5 nitrogen and oxygen atoms in total. The molecule has 5 heteroatoms. The highest BCUT2D eigenvalue weighted by Crippen LogP contribution is 2.23. The zero-order valence-electron chi connectivity index (χ0n) is 12.2. The fourth-order valence-corrected chi connectivity index (χ4v) is 2.44. The van der Waals surface area contributed by atoms with Gasteiger partial charge in [-0.3, -0.25) is 0 Å². The van der Waals surface area contributed by atoms with Crippen LogP contribution >= 0.6 is 0 Å². The van der Waals surface area contributed by atoms with Crippen LogP contribution < -0.4 is 10.1 Å². The van der Waals surface area contributed by atoms with E-state index in [1.807, 2.05) is 30.3 Å². The lowest BCUT2D eigenvalue weighted by molar-refractivity contribution is 0.0697. The first-order valence-corrected chi connectivity index (χ1v) is 7.26. The van der Waals surface area contributed by atoms with Crippen molar-refractivity contribution in [2.75, 3.05) is 20.3 Å². The van der Waals surface area contributed by atoms with E-state index in [-0.39, 0.29) is 0 Å². The molecule has 0 unspecified atom stereocenters. The van der Waals surface area contributed by atoms with Crippen molar-refractivity contribution >= 4 is 0 Å². The van der Waals surface area contributed by atoms with E-state index in [1.54, 1.807) is 7.11 Å². The van der Waals surface area contributed by atoms with Gasteiger partial charge >= 0.3 is 0 Å². The maximum Gasteiger partial charge on any atom is 0.167 e. The maximum absolute atomic E-state index is 5.45. The van der Waals surface area contributed by atoms with Crippen molar-refractivity contribution in [1.29, 1.82) is 0 Å². The average molecular weight is 288 g/mol. The minimum atomic E-state index is 0.417. The van der Waals surface area contributed by atoms with Crippen LogP contribution in [-0.4, -0.2) is 31.5 Å². The van der Waals surface area contributed by atoms with Crippen LogP contribution in [0.2, 0.25) is 0 Å². The third-order valence-electron chi connectivity index (χ3n) is 3.67. The molecule has 0 bridgehead atoms. The van der Waals surface area contributed by atoms with Crippen LogP contribution in [0.15, 0.2) is 34.9 Å². The molecule has 1 aromatic carbocycles. The summed E-state index contributed by atoms with van der Waals surface area (Å²) in [5, 5.41) is 7.56. The predicted molar refractivity (Wildman–Crippen MR) is 79.2 cm³/mol. The number of ether oxygens (including phenoxy) is 2. The molecule has 1 fully saturated rings. The van der Waals surface area contributed by atoms with Crippen molar-refractivity contribution in [2.24, 2.45) is 0 Å². The standard InChI is InChI=1S/C16H20N2O3/c1-19-15-6-4-12(5-7-15)16-9-14(18-21-16)10-17-13-3-2-8-20-11-13/h4-7,9,13,17H,2-3,8,10-11H2,1H3/t13-/m1/s1. The third-order valence-corrected chi connectivity index (χ3v) is 3.67. The maximum atomic E-state index is 5.45. The Balaban J connectivity index is 1.59. The smallest absolute Gasteiger partial charge is 0.167 e. The SMILES string of the molecule is COc1ccc(-c2cc(CN[C@@H]3CCCOC3)no2)cc1. The molecular formula is C16H20N2O3. The summed E-state index contributed by atoms with van der Waals surface area (Å²) < 4.78 is 16.0. The van der Waals surface area contributed by atoms with Gasteiger partial charge in [0.25, 0.3) is 0 Å². The number of hydrogen-bond acceptors (Lipinski definition) is 5. The van der Waals surface area contributed by atoms with Crippen molar-refractivity contribution in [3.05, 3.63) is 36.0 Å². The first-order chi connectivity index (χ1) is 10.3. The van der Waals surface area contributed by atoms with Gasteiger partial charge in [0.1, 0.15) is 5.75 Å². The highest BCUT2D eigenvalue weighted by molar-refractivity contribution is 5.58. The summed E-state index contributed by atoms with van der Waals surface area (Å²) in [7, 11) is 1.65. The van der Waals surface area contributed by atoms with Gasteiger partial charge in [-0.1, -0.05) is 5.16 Å². The molecule has 2 aromatic rings. The second-order valence-corrected chi connectivity index (χ2v) is 5.21. The lowest BCUT2D eigenvalue weighted by Crippen LogP contribution is -2.36. The molecule has 1 atom stereocenters. The van der Waals surface area contributed by atoms with Gasteiger partial charge in [-0.15, -0.1) is 0 Å². The van der Waals surface area contributed by atoms with Crippen molar-refractivity contribution in [3.63, 3.8) is 0 Å². The van der Waals surface area contributed by atoms with Gasteiger partial charge in [0.05, 0.1) is 19.4 Å². The largest absolute Gasteiger partial charge is 0.497 e. The van der Waals surface area contributed by atoms with E-state index in [0.717, 1.165) is 48.8 Å². The molecule has 2 heterocycles. The van der Waals surface area contributed by atoms with E-state index in [2.05, 4.69) is 10.5 Å². The van der Waals surface area contributed by atoms with E-state index in [0.29, 0.717) is 12.6 Å². The zero-order chi connectivity index (χ0) is 14.5. The van der Waals surface area contributed by atoms with Crippen molar-refractivity contribution < 1.29 is 14.0 Å². The van der Waals surface area contributed by atoms with Gasteiger partial charge in [-0.2, -0.15) is 0 Å². The molecular weight excluding hydrogens is 268 g/mol. The quantitative estimate of drug-likeness (QED) is 0.916. The molecule has 0 radical (unpaired) electrons. The van der Waals surface area contributed by atoms with Gasteiger partial charge in [0.2, 0.25) is 0 Å². The van der Waals surface area contributed by atoms with Crippen LogP contribution in [0.25, 0.3) is 11.3 Å². The molecule has 1 aliphatic heterocycles. The number of nitrogens with zero attached hydrogens (tertiary/aromatic N) is 1. The first kappa shape index (κ1) is 14.1. The number of methoxy groups -OCH3 is 1. The van der Waals surface area contributed by atoms with Crippen LogP contribution in [-0.2, 0) is 11.3 Å². The minimum absolute atomic E-state index is 0.417. The van der Waals surface area contributed by atoms with Crippen molar-refractivity contribution in [3.8, 4) is 17.1 Å². The Kier molecular flexibility index (Phi) is 4.52. The number of rotatable bonds is 5. The van der Waals surface area contributed by atoms with Gasteiger partial charge in [-0.25, -0.2) is 0 Å². The molecule has 1 saturated heterocycles. The van der Waals surface area contributed by atoms with Gasteiger partial charge < -0.3 is 19.3 Å². The Morgan fingerprint density at radius 2 is 2.19 bits per heavy atom. The van der Waals surface area contributed by atoms with E-state index >= 15 is 0 Å². The van der Waals surface area contributed by atoms with Crippen LogP contribution in [0.4, 0.5) is 0 Å². The van der Waals surface area contributed by atoms with E-state index < -0.39 is 0 Å². The number of benzene rings is 1.